The van der Waals surface area contributed by atoms with Gasteiger partial charge in [0.05, 0.1) is 6.04 Å². The molecule has 2 atom stereocenters. The van der Waals surface area contributed by atoms with E-state index >= 15 is 0 Å². The van der Waals surface area contributed by atoms with Crippen LogP contribution in [-0.4, -0.2) is 18.6 Å². The first-order chi connectivity index (χ1) is 5.47. The van der Waals surface area contributed by atoms with E-state index in [-0.39, 0.29) is 0 Å². The van der Waals surface area contributed by atoms with Crippen LogP contribution in [0.5, 0.6) is 0 Å². The molecule has 1 saturated carbocycles. The van der Waals surface area contributed by atoms with Crippen molar-refractivity contribution in [2.75, 3.05) is 0 Å². The van der Waals surface area contributed by atoms with E-state index < -0.39 is 0 Å². The summed E-state index contributed by atoms with van der Waals surface area (Å²) in [6.45, 7) is 0. The number of hydrogen-bond donors (Lipinski definition) is 0. The van der Waals surface area contributed by atoms with Crippen molar-refractivity contribution in [1.82, 2.24) is 0 Å². The number of aliphatic imine (C=N–C) groups is 2. The fourth-order valence-corrected chi connectivity index (χ4v) is 1.95. The predicted octanol–water partition coefficient (Wildman–Crippen LogP) is 2.05. The Hall–Kier alpha value is -0.660. The summed E-state index contributed by atoms with van der Waals surface area (Å²) < 4.78 is 0. The normalized spacial score (nSPS) is 36.4. The molecular formula is C9H14N2. The largest absolute Gasteiger partial charge is 0.270 e. The molecule has 0 spiro atoms. The topological polar surface area (TPSA) is 24.7 Å². The maximum absolute atomic E-state index is 4.39. The molecule has 0 bridgehead atoms. The number of hydrogen-bond acceptors (Lipinski definition) is 2. The lowest BCUT2D eigenvalue weighted by molar-refractivity contribution is 0.508. The van der Waals surface area contributed by atoms with Gasteiger partial charge < -0.3 is 0 Å². The summed E-state index contributed by atoms with van der Waals surface area (Å²) in [5.41, 5.74) is 0. The molecule has 0 N–H and O–H groups in total. The maximum Gasteiger partial charge on any atom is 0.109 e. The van der Waals surface area contributed by atoms with Crippen molar-refractivity contribution in [2.24, 2.45) is 15.9 Å². The Morgan fingerprint density at radius 3 is 3.00 bits per heavy atom. The summed E-state index contributed by atoms with van der Waals surface area (Å²) in [7, 11) is 0. The van der Waals surface area contributed by atoms with E-state index in [1.54, 1.807) is 6.34 Å². The fraction of sp³-hybridized carbons (Fsp3) is 0.778. The van der Waals surface area contributed by atoms with Gasteiger partial charge in [-0.2, -0.15) is 0 Å². The summed E-state index contributed by atoms with van der Waals surface area (Å²) in [6, 6.07) is 0.565. The third-order valence-corrected chi connectivity index (χ3v) is 2.63. The lowest BCUT2D eigenvalue weighted by Gasteiger charge is -2.18. The molecule has 2 aliphatic rings. The van der Waals surface area contributed by atoms with Crippen LogP contribution in [0.15, 0.2) is 9.98 Å². The molecule has 60 valence electrons. The Morgan fingerprint density at radius 2 is 2.00 bits per heavy atom. The second-order valence-corrected chi connectivity index (χ2v) is 3.43. The SMILES string of the molecule is C1=NC=NC2CCCCCC12. The molecule has 1 aliphatic carbocycles. The van der Waals surface area contributed by atoms with E-state index in [1.165, 1.54) is 32.1 Å². The molecule has 0 amide bonds. The first-order valence-corrected chi connectivity index (χ1v) is 4.52. The molecule has 2 unspecified atom stereocenters. The zero-order chi connectivity index (χ0) is 7.52. The molecule has 2 rings (SSSR count). The van der Waals surface area contributed by atoms with Crippen LogP contribution in [0, 0.1) is 5.92 Å². The minimum absolute atomic E-state index is 0.565. The first-order valence-electron chi connectivity index (χ1n) is 4.52. The molecule has 0 aromatic heterocycles. The van der Waals surface area contributed by atoms with Crippen LogP contribution in [0.4, 0.5) is 0 Å². The highest BCUT2D eigenvalue weighted by Gasteiger charge is 2.22. The minimum Gasteiger partial charge on any atom is -0.270 e. The summed E-state index contributed by atoms with van der Waals surface area (Å²) in [4.78, 5) is 8.47. The smallest absolute Gasteiger partial charge is 0.109 e. The Kier molecular flexibility index (Phi) is 2.01. The van der Waals surface area contributed by atoms with Gasteiger partial charge in [0.2, 0.25) is 0 Å². The van der Waals surface area contributed by atoms with Crippen molar-refractivity contribution in [3.05, 3.63) is 0 Å². The average Bonchev–Trinajstić information content (AvgIpc) is 2.28. The number of nitrogens with zero attached hydrogens (tertiary/aromatic N) is 2. The van der Waals surface area contributed by atoms with Crippen LogP contribution in [0.3, 0.4) is 0 Å². The van der Waals surface area contributed by atoms with Gasteiger partial charge in [-0.15, -0.1) is 0 Å². The Labute approximate surface area is 67.4 Å². The second kappa shape index (κ2) is 3.16. The summed E-state index contributed by atoms with van der Waals surface area (Å²) >= 11 is 0. The van der Waals surface area contributed by atoms with Crippen molar-refractivity contribution in [1.29, 1.82) is 0 Å². The lowest BCUT2D eigenvalue weighted by atomic mass is 9.96. The second-order valence-electron chi connectivity index (χ2n) is 3.43. The van der Waals surface area contributed by atoms with Crippen molar-refractivity contribution in [3.63, 3.8) is 0 Å². The van der Waals surface area contributed by atoms with Crippen LogP contribution in [0.1, 0.15) is 32.1 Å². The molecule has 0 saturated heterocycles. The zero-order valence-corrected chi connectivity index (χ0v) is 6.74. The van der Waals surface area contributed by atoms with Gasteiger partial charge in [0.1, 0.15) is 6.34 Å². The highest BCUT2D eigenvalue weighted by molar-refractivity contribution is 5.77. The van der Waals surface area contributed by atoms with Gasteiger partial charge in [0.25, 0.3) is 0 Å². The Bertz CT molecular complexity index is 164. The van der Waals surface area contributed by atoms with Crippen molar-refractivity contribution in [3.8, 4) is 0 Å². The van der Waals surface area contributed by atoms with Gasteiger partial charge in [-0.25, -0.2) is 4.99 Å². The van der Waals surface area contributed by atoms with E-state index in [2.05, 4.69) is 16.2 Å². The third-order valence-electron chi connectivity index (χ3n) is 2.63. The van der Waals surface area contributed by atoms with E-state index in [0.29, 0.717) is 12.0 Å². The molecule has 1 aliphatic heterocycles. The first kappa shape index (κ1) is 7.01. The highest BCUT2D eigenvalue weighted by Crippen LogP contribution is 2.25. The molecule has 2 heteroatoms. The molecule has 11 heavy (non-hydrogen) atoms. The van der Waals surface area contributed by atoms with E-state index in [9.17, 15) is 0 Å². The van der Waals surface area contributed by atoms with E-state index in [4.69, 9.17) is 0 Å². The van der Waals surface area contributed by atoms with Gasteiger partial charge in [-0.1, -0.05) is 19.3 Å². The van der Waals surface area contributed by atoms with Crippen molar-refractivity contribution >= 4 is 12.6 Å². The standard InChI is InChI=1S/C9H14N2/c1-2-4-8-6-10-7-11-9(8)5-3-1/h6-9H,1-5H2. The monoisotopic (exact) mass is 150 g/mol. The number of rotatable bonds is 0. The van der Waals surface area contributed by atoms with Crippen LogP contribution in [-0.2, 0) is 0 Å². The van der Waals surface area contributed by atoms with Gasteiger partial charge >= 0.3 is 0 Å². The van der Waals surface area contributed by atoms with E-state index in [0.717, 1.165) is 0 Å². The predicted molar refractivity (Wildman–Crippen MR) is 47.3 cm³/mol. The summed E-state index contributed by atoms with van der Waals surface area (Å²) in [5, 5.41) is 0. The Morgan fingerprint density at radius 1 is 1.09 bits per heavy atom. The molecule has 1 fully saturated rings. The average molecular weight is 150 g/mol. The fourth-order valence-electron chi connectivity index (χ4n) is 1.95. The van der Waals surface area contributed by atoms with Crippen LogP contribution < -0.4 is 0 Å². The van der Waals surface area contributed by atoms with E-state index in [1.807, 2.05) is 0 Å². The summed E-state index contributed by atoms with van der Waals surface area (Å²) in [5.74, 6) is 0.655. The van der Waals surface area contributed by atoms with Gasteiger partial charge in [-0.05, 0) is 12.8 Å². The van der Waals surface area contributed by atoms with Gasteiger partial charge in [0, 0.05) is 12.1 Å². The number of fused-ring (bicyclic) bond motifs is 1. The van der Waals surface area contributed by atoms with Crippen molar-refractivity contribution in [2.45, 2.75) is 38.1 Å². The van der Waals surface area contributed by atoms with Gasteiger partial charge in [0.15, 0.2) is 0 Å². The maximum atomic E-state index is 4.39. The molecule has 2 nitrogen and oxygen atoms in total. The van der Waals surface area contributed by atoms with Crippen LogP contribution in [0.25, 0.3) is 0 Å². The lowest BCUT2D eigenvalue weighted by Crippen LogP contribution is -2.21. The summed E-state index contributed by atoms with van der Waals surface area (Å²) in [6.07, 6.45) is 10.5. The molecule has 1 heterocycles. The molecule has 0 aromatic carbocycles. The van der Waals surface area contributed by atoms with Crippen molar-refractivity contribution < 1.29 is 0 Å². The zero-order valence-electron chi connectivity index (χ0n) is 6.74. The van der Waals surface area contributed by atoms with Crippen LogP contribution in [0.2, 0.25) is 0 Å². The molecular weight excluding hydrogens is 136 g/mol. The third kappa shape index (κ3) is 1.50. The molecule has 0 aromatic rings. The van der Waals surface area contributed by atoms with Gasteiger partial charge in [-0.3, -0.25) is 4.99 Å². The quantitative estimate of drug-likeness (QED) is 0.505. The highest BCUT2D eigenvalue weighted by atomic mass is 14.9. The van der Waals surface area contributed by atoms with Crippen LogP contribution >= 0.6 is 0 Å². The molecule has 0 radical (unpaired) electrons. The minimum atomic E-state index is 0.565. The Balaban J connectivity index is 2.07.